The van der Waals surface area contributed by atoms with Crippen molar-refractivity contribution < 1.29 is 22.7 Å². The maximum atomic E-state index is 13.5. The van der Waals surface area contributed by atoms with E-state index in [0.29, 0.717) is 16.2 Å². The number of fused-ring (bicyclic) bond motifs is 3. The van der Waals surface area contributed by atoms with Crippen LogP contribution in [0.4, 0.5) is 18.3 Å². The molecule has 8 nitrogen and oxygen atoms in total. The summed E-state index contributed by atoms with van der Waals surface area (Å²) in [5.74, 6) is -0.844. The molecule has 2 N–H and O–H groups in total. The van der Waals surface area contributed by atoms with Crippen molar-refractivity contribution in [1.82, 2.24) is 19.5 Å². The first-order valence-electron chi connectivity index (χ1n) is 10.4. The molecule has 5 rings (SSSR count). The predicted octanol–water partition coefficient (Wildman–Crippen LogP) is 5.26. The molecule has 2 aromatic carbocycles. The highest BCUT2D eigenvalue weighted by molar-refractivity contribution is 7.99. The zero-order valence-electron chi connectivity index (χ0n) is 18.4. The number of thioether (sulfide) groups is 1. The summed E-state index contributed by atoms with van der Waals surface area (Å²) in [6.07, 6.45) is -4.84. The van der Waals surface area contributed by atoms with Gasteiger partial charge in [-0.15, -0.1) is 24.5 Å². The number of ether oxygens (including phenoxy) is 1. The molecule has 184 valence electrons. The van der Waals surface area contributed by atoms with E-state index in [4.69, 9.17) is 0 Å². The van der Waals surface area contributed by atoms with Crippen molar-refractivity contribution in [2.24, 2.45) is 0 Å². The standard InChI is InChI=1S/C23H16F3N5O3S2/c1-12-10-35-21(27-12)29-17(32)11-36-22-30-18-15-4-2-3-5-16(15)28-19(18)20(33)31(22)13-6-8-14(9-7-13)34-23(24,25)26/h2-10,28H,11H2,1H3,(H,27,29,32). The van der Waals surface area contributed by atoms with Crippen LogP contribution >= 0.6 is 23.1 Å². The normalized spacial score (nSPS) is 11.8. The molecule has 0 radical (unpaired) electrons. The van der Waals surface area contributed by atoms with Crippen LogP contribution in [0.5, 0.6) is 5.75 Å². The molecule has 0 aliphatic carbocycles. The summed E-state index contributed by atoms with van der Waals surface area (Å²) in [5, 5.41) is 5.89. The number of aryl methyl sites for hydroxylation is 1. The van der Waals surface area contributed by atoms with Crippen LogP contribution in [0.25, 0.3) is 27.6 Å². The lowest BCUT2D eigenvalue weighted by atomic mass is 10.2. The molecule has 0 atom stereocenters. The van der Waals surface area contributed by atoms with Crippen molar-refractivity contribution in [2.75, 3.05) is 11.1 Å². The van der Waals surface area contributed by atoms with E-state index in [1.165, 1.54) is 28.0 Å². The molecule has 0 aliphatic heterocycles. The molecule has 13 heteroatoms. The van der Waals surface area contributed by atoms with Crippen LogP contribution in [0.15, 0.2) is 63.9 Å². The second kappa shape index (κ2) is 9.32. The van der Waals surface area contributed by atoms with Gasteiger partial charge >= 0.3 is 6.36 Å². The smallest absolute Gasteiger partial charge is 0.406 e. The number of para-hydroxylation sites is 1. The third-order valence-corrected chi connectivity index (χ3v) is 6.83. The number of carbonyl (C=O) groups excluding carboxylic acids is 1. The third kappa shape index (κ3) is 4.93. The molecule has 0 aliphatic rings. The molecule has 3 aromatic heterocycles. The molecule has 36 heavy (non-hydrogen) atoms. The minimum Gasteiger partial charge on any atom is -0.406 e. The lowest BCUT2D eigenvalue weighted by Gasteiger charge is -2.13. The highest BCUT2D eigenvalue weighted by Gasteiger charge is 2.31. The van der Waals surface area contributed by atoms with E-state index >= 15 is 0 Å². The number of hydrogen-bond acceptors (Lipinski definition) is 7. The van der Waals surface area contributed by atoms with Crippen LogP contribution in [-0.2, 0) is 4.79 Å². The van der Waals surface area contributed by atoms with Gasteiger partial charge in [0, 0.05) is 16.3 Å². The molecular formula is C23H16F3N5O3S2. The summed E-state index contributed by atoms with van der Waals surface area (Å²) >= 11 is 2.32. The topological polar surface area (TPSA) is 102 Å². The van der Waals surface area contributed by atoms with E-state index < -0.39 is 17.7 Å². The van der Waals surface area contributed by atoms with Crippen molar-refractivity contribution >= 4 is 56.1 Å². The van der Waals surface area contributed by atoms with E-state index in [1.807, 2.05) is 25.1 Å². The summed E-state index contributed by atoms with van der Waals surface area (Å²) in [6, 6.07) is 12.1. The van der Waals surface area contributed by atoms with Crippen molar-refractivity contribution in [3.63, 3.8) is 0 Å². The van der Waals surface area contributed by atoms with E-state index in [-0.39, 0.29) is 28.0 Å². The number of anilines is 1. The number of benzene rings is 2. The fourth-order valence-corrected chi connectivity index (χ4v) is 5.07. The number of amides is 1. The molecule has 0 unspecified atom stereocenters. The highest BCUT2D eigenvalue weighted by Crippen LogP contribution is 2.28. The Labute approximate surface area is 209 Å². The monoisotopic (exact) mass is 531 g/mol. The molecule has 0 fully saturated rings. The number of thiazole rings is 1. The van der Waals surface area contributed by atoms with E-state index in [9.17, 15) is 22.8 Å². The molecule has 0 spiro atoms. The zero-order valence-corrected chi connectivity index (χ0v) is 20.1. The number of halogens is 3. The number of nitrogens with zero attached hydrogens (tertiary/aromatic N) is 3. The van der Waals surface area contributed by atoms with Crippen molar-refractivity contribution in [2.45, 2.75) is 18.4 Å². The maximum Gasteiger partial charge on any atom is 0.573 e. The van der Waals surface area contributed by atoms with Gasteiger partial charge in [0.25, 0.3) is 5.56 Å². The fraction of sp³-hybridized carbons (Fsp3) is 0.130. The van der Waals surface area contributed by atoms with Crippen molar-refractivity contribution in [3.05, 3.63) is 70.0 Å². The molecule has 0 saturated carbocycles. The molecular weight excluding hydrogens is 515 g/mol. The number of alkyl halides is 3. The minimum absolute atomic E-state index is 0.0752. The van der Waals surface area contributed by atoms with Crippen LogP contribution in [0.2, 0.25) is 0 Å². The molecule has 5 aromatic rings. The Kier molecular flexibility index (Phi) is 6.18. The number of H-pyrrole nitrogens is 1. The van der Waals surface area contributed by atoms with Gasteiger partial charge in [0.05, 0.1) is 17.1 Å². The molecule has 0 saturated heterocycles. The number of rotatable bonds is 6. The number of nitrogens with one attached hydrogen (secondary N) is 2. The SMILES string of the molecule is Cc1csc(NC(=O)CSc2nc3c([nH]c4ccccc43)c(=O)n2-c2ccc(OC(F)(F)F)cc2)n1. The molecule has 0 bridgehead atoms. The van der Waals surface area contributed by atoms with Crippen LogP contribution in [-0.4, -0.2) is 37.5 Å². The van der Waals surface area contributed by atoms with Crippen LogP contribution in [0.3, 0.4) is 0 Å². The number of aromatic nitrogens is 4. The van der Waals surface area contributed by atoms with Gasteiger partial charge in [-0.1, -0.05) is 30.0 Å². The first-order valence-corrected chi connectivity index (χ1v) is 12.3. The Morgan fingerprint density at radius 1 is 1.17 bits per heavy atom. The van der Waals surface area contributed by atoms with E-state index in [2.05, 4.69) is 25.0 Å². The number of hydrogen-bond donors (Lipinski definition) is 2. The van der Waals surface area contributed by atoms with Gasteiger partial charge in [0.15, 0.2) is 10.3 Å². The summed E-state index contributed by atoms with van der Waals surface area (Å²) in [6.45, 7) is 1.81. The first kappa shape index (κ1) is 23.9. The predicted molar refractivity (Wildman–Crippen MR) is 132 cm³/mol. The zero-order chi connectivity index (χ0) is 25.4. The van der Waals surface area contributed by atoms with Gasteiger partial charge in [0.1, 0.15) is 16.8 Å². The quantitative estimate of drug-likeness (QED) is 0.229. The summed E-state index contributed by atoms with van der Waals surface area (Å²) < 4.78 is 42.9. The second-order valence-electron chi connectivity index (χ2n) is 7.60. The Morgan fingerprint density at radius 2 is 1.92 bits per heavy atom. The van der Waals surface area contributed by atoms with Gasteiger partial charge in [-0.05, 0) is 37.3 Å². The van der Waals surface area contributed by atoms with E-state index in [1.54, 1.807) is 11.4 Å². The van der Waals surface area contributed by atoms with Crippen LogP contribution in [0, 0.1) is 6.92 Å². The number of carbonyl (C=O) groups is 1. The van der Waals surface area contributed by atoms with Gasteiger partial charge in [-0.25, -0.2) is 9.97 Å². The maximum absolute atomic E-state index is 13.5. The molecule has 1 amide bonds. The summed E-state index contributed by atoms with van der Waals surface area (Å²) in [4.78, 5) is 38.0. The van der Waals surface area contributed by atoms with E-state index in [0.717, 1.165) is 35.0 Å². The van der Waals surface area contributed by atoms with Crippen LogP contribution in [0.1, 0.15) is 5.69 Å². The Morgan fingerprint density at radius 3 is 2.61 bits per heavy atom. The van der Waals surface area contributed by atoms with Crippen molar-refractivity contribution in [3.8, 4) is 11.4 Å². The second-order valence-corrected chi connectivity index (χ2v) is 9.40. The summed E-state index contributed by atoms with van der Waals surface area (Å²) in [7, 11) is 0. The first-order chi connectivity index (χ1) is 17.2. The Hall–Kier alpha value is -3.84. The van der Waals surface area contributed by atoms with Gasteiger partial charge in [-0.2, -0.15) is 0 Å². The largest absolute Gasteiger partial charge is 0.573 e. The van der Waals surface area contributed by atoms with Crippen LogP contribution < -0.4 is 15.6 Å². The average Bonchev–Trinajstić information content (AvgIpc) is 3.41. The van der Waals surface area contributed by atoms with Gasteiger partial charge in [0.2, 0.25) is 5.91 Å². The minimum atomic E-state index is -4.84. The number of aromatic amines is 1. The average molecular weight is 532 g/mol. The highest BCUT2D eigenvalue weighted by atomic mass is 32.2. The van der Waals surface area contributed by atoms with Gasteiger partial charge < -0.3 is 15.0 Å². The molecule has 3 heterocycles. The lowest BCUT2D eigenvalue weighted by molar-refractivity contribution is -0.274. The van der Waals surface area contributed by atoms with Crippen molar-refractivity contribution in [1.29, 1.82) is 0 Å². The fourth-order valence-electron chi connectivity index (χ4n) is 3.56. The Balaban J connectivity index is 1.54. The summed E-state index contributed by atoms with van der Waals surface area (Å²) in [5.41, 5.74) is 1.96. The third-order valence-electron chi connectivity index (χ3n) is 5.02. The lowest BCUT2D eigenvalue weighted by Crippen LogP contribution is -2.23. The van der Waals surface area contributed by atoms with Gasteiger partial charge in [-0.3, -0.25) is 14.2 Å². The Bertz CT molecular complexity index is 1640.